The molecule has 38 heavy (non-hydrogen) atoms. The lowest BCUT2D eigenvalue weighted by molar-refractivity contribution is 0.186. The molecule has 2 aliphatic rings. The van der Waals surface area contributed by atoms with Crippen LogP contribution < -0.4 is 16.4 Å². The maximum atomic E-state index is 6.90. The molecule has 8 nitrogen and oxygen atoms in total. The molecule has 1 fully saturated rings. The van der Waals surface area contributed by atoms with E-state index in [2.05, 4.69) is 44.9 Å². The Morgan fingerprint density at radius 1 is 1.16 bits per heavy atom. The van der Waals surface area contributed by atoms with Crippen molar-refractivity contribution in [1.29, 1.82) is 0 Å². The van der Waals surface area contributed by atoms with Gasteiger partial charge in [0.2, 0.25) is 5.95 Å². The number of methoxy groups -OCH3 is 1. The standard InChI is InChI=1S/C28H28ClN7OS/c1-37-15-3-5-18-4-2-6-19-20(18)16-28(24(19)30)8-12-35(13-9-28)27-34-17-22(26-33-11-14-36(26)27)38-21-7-10-32-25(31)23(21)29/h2,4,6-7,10-11,14,17,24H,8-9,12-13,15-16,30H2,1H3,(H2,31,32)/t24-/m1/s1. The van der Waals surface area contributed by atoms with E-state index in [1.54, 1.807) is 19.5 Å². The van der Waals surface area contributed by atoms with Crippen LogP contribution in [0.3, 0.4) is 0 Å². The van der Waals surface area contributed by atoms with Gasteiger partial charge in [-0.05, 0) is 47.9 Å². The van der Waals surface area contributed by atoms with Gasteiger partial charge in [-0.1, -0.05) is 47.3 Å². The van der Waals surface area contributed by atoms with Crippen molar-refractivity contribution >= 4 is 40.8 Å². The molecule has 3 aromatic heterocycles. The fourth-order valence-electron chi connectivity index (χ4n) is 5.67. The molecule has 194 valence electrons. The Labute approximate surface area is 230 Å². The topological polar surface area (TPSA) is 108 Å². The smallest absolute Gasteiger partial charge is 0.211 e. The molecule has 0 amide bonds. The molecule has 4 N–H and O–H groups in total. The van der Waals surface area contributed by atoms with Crippen LogP contribution in [0.2, 0.25) is 5.02 Å². The fourth-order valence-corrected chi connectivity index (χ4v) is 6.81. The highest BCUT2D eigenvalue weighted by atomic mass is 35.5. The zero-order valence-corrected chi connectivity index (χ0v) is 22.6. The second kappa shape index (κ2) is 10.1. The van der Waals surface area contributed by atoms with E-state index in [0.717, 1.165) is 59.3 Å². The number of ether oxygens (including phenoxy) is 1. The molecule has 1 atom stereocenters. The Hall–Kier alpha value is -3.29. The number of piperidine rings is 1. The SMILES string of the molecule is COCC#Cc1cccc2c1CC1(CCN(c3ncc(Sc4ccnc(N)c4Cl)c4nccn34)CC1)[C@@H]2N. The van der Waals surface area contributed by atoms with Gasteiger partial charge in [0.1, 0.15) is 12.4 Å². The van der Waals surface area contributed by atoms with Crippen LogP contribution >= 0.6 is 23.4 Å². The molecule has 0 saturated carbocycles. The minimum atomic E-state index is 0.00127. The number of pyridine rings is 1. The third-order valence-corrected chi connectivity index (χ3v) is 9.27. The third-order valence-electron chi connectivity index (χ3n) is 7.69. The minimum absolute atomic E-state index is 0.00127. The van der Waals surface area contributed by atoms with Gasteiger partial charge >= 0.3 is 0 Å². The molecule has 1 aromatic carbocycles. The van der Waals surface area contributed by atoms with Gasteiger partial charge in [-0.3, -0.25) is 4.40 Å². The van der Waals surface area contributed by atoms with Gasteiger partial charge in [-0.15, -0.1) is 0 Å². The molecule has 0 radical (unpaired) electrons. The summed E-state index contributed by atoms with van der Waals surface area (Å²) in [6.45, 7) is 2.16. The Morgan fingerprint density at radius 2 is 2.00 bits per heavy atom. The number of nitrogen functional groups attached to an aromatic ring is 1. The molecule has 10 heteroatoms. The van der Waals surface area contributed by atoms with E-state index in [4.69, 9.17) is 32.8 Å². The van der Waals surface area contributed by atoms with Crippen molar-refractivity contribution in [2.24, 2.45) is 11.1 Å². The Morgan fingerprint density at radius 3 is 2.82 bits per heavy atom. The number of aromatic nitrogens is 4. The van der Waals surface area contributed by atoms with E-state index in [-0.39, 0.29) is 11.5 Å². The lowest BCUT2D eigenvalue weighted by Gasteiger charge is -2.42. The van der Waals surface area contributed by atoms with Crippen LogP contribution in [-0.2, 0) is 11.2 Å². The number of anilines is 2. The van der Waals surface area contributed by atoms with E-state index in [0.29, 0.717) is 17.4 Å². The predicted molar refractivity (Wildman–Crippen MR) is 150 cm³/mol. The van der Waals surface area contributed by atoms with Crippen LogP contribution in [0.15, 0.2) is 58.8 Å². The van der Waals surface area contributed by atoms with Crippen LogP contribution in [-0.4, -0.2) is 46.2 Å². The second-order valence-corrected chi connectivity index (χ2v) is 11.2. The van der Waals surface area contributed by atoms with Crippen molar-refractivity contribution in [3.8, 4) is 11.8 Å². The normalized spacial score (nSPS) is 18.0. The van der Waals surface area contributed by atoms with Crippen LogP contribution in [0.25, 0.3) is 5.65 Å². The van der Waals surface area contributed by atoms with Crippen molar-refractivity contribution < 1.29 is 4.74 Å². The summed E-state index contributed by atoms with van der Waals surface area (Å²) in [6.07, 6.45) is 10.2. The van der Waals surface area contributed by atoms with Crippen LogP contribution in [0.4, 0.5) is 11.8 Å². The number of nitrogens with zero attached hydrogens (tertiary/aromatic N) is 5. The first-order valence-electron chi connectivity index (χ1n) is 12.5. The molecule has 4 heterocycles. The Balaban J connectivity index is 1.23. The van der Waals surface area contributed by atoms with Gasteiger partial charge in [0.25, 0.3) is 0 Å². The molecule has 0 unspecified atom stereocenters. The number of imidazole rings is 1. The van der Waals surface area contributed by atoms with E-state index >= 15 is 0 Å². The zero-order valence-electron chi connectivity index (χ0n) is 21.0. The monoisotopic (exact) mass is 545 g/mol. The van der Waals surface area contributed by atoms with Gasteiger partial charge in [0.05, 0.1) is 9.92 Å². The number of halogens is 1. The summed E-state index contributed by atoms with van der Waals surface area (Å²) < 4.78 is 7.16. The van der Waals surface area contributed by atoms with E-state index in [9.17, 15) is 0 Å². The van der Waals surface area contributed by atoms with Gasteiger partial charge in [-0.25, -0.2) is 15.0 Å². The third kappa shape index (κ3) is 4.28. The van der Waals surface area contributed by atoms with Crippen LogP contribution in [0.5, 0.6) is 0 Å². The van der Waals surface area contributed by atoms with Gasteiger partial charge in [0, 0.05) is 61.5 Å². The van der Waals surface area contributed by atoms with Gasteiger partial charge in [-0.2, -0.15) is 0 Å². The van der Waals surface area contributed by atoms with Crippen molar-refractivity contribution in [2.75, 3.05) is 37.4 Å². The molecule has 1 saturated heterocycles. The number of hydrogen-bond donors (Lipinski definition) is 2. The molecule has 1 aliphatic heterocycles. The number of benzene rings is 1. The summed E-state index contributed by atoms with van der Waals surface area (Å²) in [5.41, 5.74) is 17.2. The lowest BCUT2D eigenvalue weighted by Crippen LogP contribution is -2.45. The van der Waals surface area contributed by atoms with Crippen LogP contribution in [0.1, 0.15) is 35.6 Å². The Bertz CT molecular complexity index is 1570. The van der Waals surface area contributed by atoms with Crippen molar-refractivity contribution in [2.45, 2.75) is 35.1 Å². The van der Waals surface area contributed by atoms with Crippen molar-refractivity contribution in [3.05, 3.63) is 70.8 Å². The predicted octanol–water partition coefficient (Wildman–Crippen LogP) is 4.35. The van der Waals surface area contributed by atoms with Crippen LogP contribution in [0, 0.1) is 17.3 Å². The summed E-state index contributed by atoms with van der Waals surface area (Å²) in [6, 6.07) is 8.17. The summed E-state index contributed by atoms with van der Waals surface area (Å²) in [4.78, 5) is 17.6. The maximum absolute atomic E-state index is 6.90. The summed E-state index contributed by atoms with van der Waals surface area (Å²) in [5.74, 6) is 7.58. The second-order valence-electron chi connectivity index (χ2n) is 9.77. The minimum Gasteiger partial charge on any atom is -0.382 e. The van der Waals surface area contributed by atoms with Gasteiger partial charge in [0.15, 0.2) is 5.65 Å². The summed E-state index contributed by atoms with van der Waals surface area (Å²) in [7, 11) is 1.66. The summed E-state index contributed by atoms with van der Waals surface area (Å²) >= 11 is 7.86. The lowest BCUT2D eigenvalue weighted by atomic mass is 9.73. The highest BCUT2D eigenvalue weighted by Crippen LogP contribution is 2.51. The molecule has 4 aromatic rings. The maximum Gasteiger partial charge on any atom is 0.211 e. The van der Waals surface area contributed by atoms with E-state index in [1.165, 1.54) is 22.9 Å². The van der Waals surface area contributed by atoms with Crippen molar-refractivity contribution in [3.63, 3.8) is 0 Å². The number of fused-ring (bicyclic) bond motifs is 2. The largest absolute Gasteiger partial charge is 0.382 e. The molecular weight excluding hydrogens is 518 g/mol. The first-order chi connectivity index (χ1) is 18.5. The average Bonchev–Trinajstić information content (AvgIpc) is 3.52. The molecule has 1 aliphatic carbocycles. The van der Waals surface area contributed by atoms with E-state index in [1.807, 2.05) is 22.9 Å². The number of hydrogen-bond acceptors (Lipinski definition) is 8. The highest BCUT2D eigenvalue weighted by molar-refractivity contribution is 7.99. The number of rotatable bonds is 4. The molecule has 0 bridgehead atoms. The van der Waals surface area contributed by atoms with Gasteiger partial charge < -0.3 is 21.1 Å². The molecule has 1 spiro atoms. The molecular formula is C28H28ClN7OS. The average molecular weight is 546 g/mol. The number of nitrogens with two attached hydrogens (primary N) is 2. The highest BCUT2D eigenvalue weighted by Gasteiger charge is 2.46. The van der Waals surface area contributed by atoms with Crippen molar-refractivity contribution in [1.82, 2.24) is 19.4 Å². The van der Waals surface area contributed by atoms with E-state index < -0.39 is 0 Å². The first-order valence-corrected chi connectivity index (χ1v) is 13.7. The zero-order chi connectivity index (χ0) is 26.3. The quantitative estimate of drug-likeness (QED) is 0.364. The fraction of sp³-hybridized carbons (Fsp3) is 0.321. The first kappa shape index (κ1) is 25.0. The summed E-state index contributed by atoms with van der Waals surface area (Å²) in [5, 5.41) is 0.439. The Kier molecular flexibility index (Phi) is 6.66. The molecule has 6 rings (SSSR count).